The minimum atomic E-state index is -0.384. The number of ether oxygens (including phenoxy) is 2. The topological polar surface area (TPSA) is 44.5 Å². The average Bonchev–Trinajstić information content (AvgIpc) is 2.49. The van der Waals surface area contributed by atoms with Gasteiger partial charge in [-0.2, -0.15) is 0 Å². The molecule has 1 atom stereocenters. The molecule has 112 valence electrons. The first-order chi connectivity index (χ1) is 10.0. The van der Waals surface area contributed by atoms with Gasteiger partial charge in [0.1, 0.15) is 17.3 Å². The van der Waals surface area contributed by atoms with Crippen LogP contribution in [0, 0.1) is 5.82 Å². The van der Waals surface area contributed by atoms with Gasteiger partial charge < -0.3 is 15.2 Å². The van der Waals surface area contributed by atoms with E-state index in [4.69, 9.17) is 15.2 Å². The summed E-state index contributed by atoms with van der Waals surface area (Å²) < 4.78 is 25.1. The zero-order chi connectivity index (χ0) is 15.4. The van der Waals surface area contributed by atoms with Crippen LogP contribution in [0.3, 0.4) is 0 Å². The van der Waals surface area contributed by atoms with Crippen molar-refractivity contribution in [2.75, 3.05) is 14.2 Å². The fraction of sp³-hybridized carbons (Fsp3) is 0.250. The number of hydrogen-bond donors (Lipinski definition) is 1. The molecule has 0 aliphatic carbocycles. The summed E-state index contributed by atoms with van der Waals surface area (Å²) in [6.45, 7) is 0. The number of halogens is 2. The monoisotopic (exact) mass is 353 g/mol. The van der Waals surface area contributed by atoms with Crippen molar-refractivity contribution in [2.24, 2.45) is 5.73 Å². The highest BCUT2D eigenvalue weighted by molar-refractivity contribution is 9.10. The van der Waals surface area contributed by atoms with Crippen LogP contribution in [-0.4, -0.2) is 14.2 Å². The SMILES string of the molecule is COc1ccc(OC)c(C(N)Cc2ccc(Br)cc2F)c1. The third-order valence-electron chi connectivity index (χ3n) is 3.29. The van der Waals surface area contributed by atoms with Crippen LogP contribution in [0.5, 0.6) is 11.5 Å². The molecule has 3 nitrogen and oxygen atoms in total. The zero-order valence-corrected chi connectivity index (χ0v) is 13.5. The second-order valence-electron chi connectivity index (χ2n) is 4.65. The van der Waals surface area contributed by atoms with E-state index in [0.717, 1.165) is 5.56 Å². The van der Waals surface area contributed by atoms with Crippen molar-refractivity contribution in [1.82, 2.24) is 0 Å². The van der Waals surface area contributed by atoms with Crippen molar-refractivity contribution in [1.29, 1.82) is 0 Å². The molecule has 5 heteroatoms. The maximum absolute atomic E-state index is 13.9. The van der Waals surface area contributed by atoms with Gasteiger partial charge in [-0.15, -0.1) is 0 Å². The van der Waals surface area contributed by atoms with E-state index in [0.29, 0.717) is 28.0 Å². The molecule has 0 aliphatic heterocycles. The molecule has 0 saturated carbocycles. The van der Waals surface area contributed by atoms with E-state index >= 15 is 0 Å². The van der Waals surface area contributed by atoms with E-state index in [-0.39, 0.29) is 11.9 Å². The van der Waals surface area contributed by atoms with Gasteiger partial charge >= 0.3 is 0 Å². The predicted molar refractivity (Wildman–Crippen MR) is 84.3 cm³/mol. The van der Waals surface area contributed by atoms with Gasteiger partial charge in [0.05, 0.1) is 14.2 Å². The predicted octanol–water partition coefficient (Wildman–Crippen LogP) is 3.85. The van der Waals surface area contributed by atoms with E-state index in [1.165, 1.54) is 6.07 Å². The quantitative estimate of drug-likeness (QED) is 0.887. The molecule has 0 aliphatic rings. The van der Waals surface area contributed by atoms with Crippen molar-refractivity contribution in [3.8, 4) is 11.5 Å². The normalized spacial score (nSPS) is 12.0. The van der Waals surface area contributed by atoms with E-state index in [1.54, 1.807) is 38.5 Å². The van der Waals surface area contributed by atoms with Gasteiger partial charge in [0.2, 0.25) is 0 Å². The molecule has 0 aromatic heterocycles. The van der Waals surface area contributed by atoms with Gasteiger partial charge in [0.25, 0.3) is 0 Å². The van der Waals surface area contributed by atoms with E-state index < -0.39 is 0 Å². The molecule has 0 fully saturated rings. The largest absolute Gasteiger partial charge is 0.497 e. The van der Waals surface area contributed by atoms with Crippen molar-refractivity contribution >= 4 is 15.9 Å². The number of nitrogens with two attached hydrogens (primary N) is 1. The maximum atomic E-state index is 13.9. The highest BCUT2D eigenvalue weighted by Gasteiger charge is 2.16. The second-order valence-corrected chi connectivity index (χ2v) is 5.57. The first-order valence-electron chi connectivity index (χ1n) is 6.46. The lowest BCUT2D eigenvalue weighted by Crippen LogP contribution is -2.15. The van der Waals surface area contributed by atoms with Gasteiger partial charge in [-0.1, -0.05) is 22.0 Å². The number of benzene rings is 2. The van der Waals surface area contributed by atoms with Crippen LogP contribution in [0.4, 0.5) is 4.39 Å². The summed E-state index contributed by atoms with van der Waals surface area (Å²) >= 11 is 3.24. The Kier molecular flexibility index (Phi) is 5.20. The maximum Gasteiger partial charge on any atom is 0.127 e. The number of methoxy groups -OCH3 is 2. The van der Waals surface area contributed by atoms with Crippen LogP contribution in [0.1, 0.15) is 17.2 Å². The molecule has 0 spiro atoms. The summed E-state index contributed by atoms with van der Waals surface area (Å²) in [7, 11) is 3.17. The molecular weight excluding hydrogens is 337 g/mol. The zero-order valence-electron chi connectivity index (χ0n) is 11.9. The fourth-order valence-corrected chi connectivity index (χ4v) is 2.50. The van der Waals surface area contributed by atoms with Crippen LogP contribution in [0.15, 0.2) is 40.9 Å². The minimum absolute atomic E-state index is 0.276. The molecule has 0 saturated heterocycles. The summed E-state index contributed by atoms with van der Waals surface area (Å²) in [5.41, 5.74) is 7.58. The first-order valence-corrected chi connectivity index (χ1v) is 7.26. The van der Waals surface area contributed by atoms with E-state index in [9.17, 15) is 4.39 Å². The Morgan fingerprint density at radius 2 is 1.90 bits per heavy atom. The Balaban J connectivity index is 2.28. The minimum Gasteiger partial charge on any atom is -0.497 e. The molecule has 1 unspecified atom stereocenters. The highest BCUT2D eigenvalue weighted by atomic mass is 79.9. The second kappa shape index (κ2) is 6.91. The molecule has 2 N–H and O–H groups in total. The van der Waals surface area contributed by atoms with Gasteiger partial charge in [0.15, 0.2) is 0 Å². The van der Waals surface area contributed by atoms with Gasteiger partial charge in [-0.25, -0.2) is 4.39 Å². The Bertz CT molecular complexity index is 634. The summed E-state index contributed by atoms with van der Waals surface area (Å²) in [5, 5.41) is 0. The molecule has 0 heterocycles. The van der Waals surface area contributed by atoms with E-state index in [2.05, 4.69) is 15.9 Å². The molecule has 0 radical (unpaired) electrons. The summed E-state index contributed by atoms with van der Waals surface area (Å²) in [6, 6.07) is 10.00. The molecule has 2 aromatic rings. The van der Waals surface area contributed by atoms with Crippen LogP contribution < -0.4 is 15.2 Å². The first kappa shape index (κ1) is 15.8. The Hall–Kier alpha value is -1.59. The van der Waals surface area contributed by atoms with Crippen molar-refractivity contribution in [3.05, 3.63) is 57.8 Å². The lowest BCUT2D eigenvalue weighted by molar-refractivity contribution is 0.395. The Labute approximate surface area is 132 Å². The van der Waals surface area contributed by atoms with Gasteiger partial charge in [-0.05, 0) is 42.3 Å². The van der Waals surface area contributed by atoms with Crippen LogP contribution in [0.2, 0.25) is 0 Å². The fourth-order valence-electron chi connectivity index (χ4n) is 2.16. The summed E-state index contributed by atoms with van der Waals surface area (Å²) in [6.07, 6.45) is 0.378. The van der Waals surface area contributed by atoms with Crippen LogP contribution in [0.25, 0.3) is 0 Å². The van der Waals surface area contributed by atoms with Crippen molar-refractivity contribution < 1.29 is 13.9 Å². The molecule has 0 bridgehead atoms. The average molecular weight is 354 g/mol. The van der Waals surface area contributed by atoms with Crippen molar-refractivity contribution in [3.63, 3.8) is 0 Å². The van der Waals surface area contributed by atoms with Crippen molar-refractivity contribution in [2.45, 2.75) is 12.5 Å². The summed E-state index contributed by atoms with van der Waals surface area (Å²) in [5.74, 6) is 1.08. The Morgan fingerprint density at radius 3 is 2.52 bits per heavy atom. The summed E-state index contributed by atoms with van der Waals surface area (Å²) in [4.78, 5) is 0. The Morgan fingerprint density at radius 1 is 1.14 bits per heavy atom. The highest BCUT2D eigenvalue weighted by Crippen LogP contribution is 2.30. The smallest absolute Gasteiger partial charge is 0.127 e. The molecule has 2 aromatic carbocycles. The van der Waals surface area contributed by atoms with E-state index in [1.807, 2.05) is 6.07 Å². The third-order valence-corrected chi connectivity index (χ3v) is 3.78. The molecule has 2 rings (SSSR count). The van der Waals surface area contributed by atoms with Crippen LogP contribution >= 0.6 is 15.9 Å². The molecule has 21 heavy (non-hydrogen) atoms. The number of rotatable bonds is 5. The number of hydrogen-bond acceptors (Lipinski definition) is 3. The van der Waals surface area contributed by atoms with Gasteiger partial charge in [-0.3, -0.25) is 0 Å². The molecule has 0 amide bonds. The van der Waals surface area contributed by atoms with Crippen LogP contribution in [-0.2, 0) is 6.42 Å². The lowest BCUT2D eigenvalue weighted by atomic mass is 9.98. The molecular formula is C16H17BrFNO2. The van der Waals surface area contributed by atoms with Gasteiger partial charge in [0, 0.05) is 16.1 Å². The standard InChI is InChI=1S/C16H17BrFNO2/c1-20-12-5-6-16(21-2)13(9-12)15(19)7-10-3-4-11(17)8-14(10)18/h3-6,8-9,15H,7,19H2,1-2H3. The third kappa shape index (κ3) is 3.74. The lowest BCUT2D eigenvalue weighted by Gasteiger charge is -2.17.